The summed E-state index contributed by atoms with van der Waals surface area (Å²) in [5.74, 6) is 1.15. The fraction of sp³-hybridized carbons (Fsp3) is 0.917. The van der Waals surface area contributed by atoms with E-state index in [9.17, 15) is 0 Å². The molecule has 0 spiro atoms. The minimum absolute atomic E-state index is 0.190. The summed E-state index contributed by atoms with van der Waals surface area (Å²) >= 11 is 1.81. The number of nitrogens with zero attached hydrogens (tertiary/aromatic N) is 2. The Labute approximate surface area is 109 Å². The van der Waals surface area contributed by atoms with Gasteiger partial charge >= 0.3 is 0 Å². The second-order valence-corrected chi connectivity index (χ2v) is 6.29. The molecule has 1 fully saturated rings. The van der Waals surface area contributed by atoms with E-state index in [0.717, 1.165) is 30.6 Å². The van der Waals surface area contributed by atoms with Crippen molar-refractivity contribution in [3.63, 3.8) is 0 Å². The predicted octanol–water partition coefficient (Wildman–Crippen LogP) is 1.43. The van der Waals surface area contributed by atoms with Gasteiger partial charge in [0.15, 0.2) is 5.17 Å². The molecule has 1 rings (SSSR count). The van der Waals surface area contributed by atoms with Gasteiger partial charge in [-0.3, -0.25) is 4.99 Å². The van der Waals surface area contributed by atoms with E-state index in [4.69, 9.17) is 4.74 Å². The molecule has 1 saturated heterocycles. The maximum Gasteiger partial charge on any atom is 0.157 e. The first-order valence-corrected chi connectivity index (χ1v) is 7.16. The molecule has 0 aromatic carbocycles. The standard InChI is InChI=1S/C12H25N3OS/c1-12(2)5-10-17-11(14-12)13-6-8-16-9-7-15(3)4/h5-10H2,1-4H3,(H,13,14). The number of thioether (sulfide) groups is 1. The van der Waals surface area contributed by atoms with Crippen molar-refractivity contribution in [3.8, 4) is 0 Å². The molecule has 1 aliphatic heterocycles. The Morgan fingerprint density at radius 3 is 2.82 bits per heavy atom. The van der Waals surface area contributed by atoms with Crippen LogP contribution in [-0.4, -0.2) is 61.8 Å². The highest BCUT2D eigenvalue weighted by molar-refractivity contribution is 8.13. The molecular formula is C12H25N3OS. The van der Waals surface area contributed by atoms with Gasteiger partial charge in [-0.15, -0.1) is 0 Å². The Morgan fingerprint density at radius 1 is 1.41 bits per heavy atom. The number of rotatable bonds is 6. The summed E-state index contributed by atoms with van der Waals surface area (Å²) in [5, 5.41) is 4.52. The molecule has 0 aromatic heterocycles. The van der Waals surface area contributed by atoms with E-state index >= 15 is 0 Å². The van der Waals surface area contributed by atoms with Crippen molar-refractivity contribution >= 4 is 16.9 Å². The molecular weight excluding hydrogens is 234 g/mol. The van der Waals surface area contributed by atoms with E-state index in [2.05, 4.69) is 29.1 Å². The number of likely N-dealkylation sites (N-methyl/N-ethyl adjacent to an activating group) is 1. The predicted molar refractivity (Wildman–Crippen MR) is 76.0 cm³/mol. The van der Waals surface area contributed by atoms with Crippen molar-refractivity contribution in [1.29, 1.82) is 0 Å². The molecule has 0 unspecified atom stereocenters. The van der Waals surface area contributed by atoms with E-state index in [1.807, 2.05) is 25.9 Å². The van der Waals surface area contributed by atoms with Crippen molar-refractivity contribution in [2.75, 3.05) is 46.2 Å². The van der Waals surface area contributed by atoms with Gasteiger partial charge in [-0.1, -0.05) is 11.8 Å². The van der Waals surface area contributed by atoms with E-state index in [0.29, 0.717) is 6.61 Å². The molecule has 17 heavy (non-hydrogen) atoms. The lowest BCUT2D eigenvalue weighted by atomic mass is 10.0. The van der Waals surface area contributed by atoms with Gasteiger partial charge in [-0.25, -0.2) is 0 Å². The zero-order valence-corrected chi connectivity index (χ0v) is 12.3. The highest BCUT2D eigenvalue weighted by Gasteiger charge is 2.23. The Hall–Kier alpha value is -0.260. The van der Waals surface area contributed by atoms with E-state index in [-0.39, 0.29) is 5.54 Å². The number of hydrogen-bond donors (Lipinski definition) is 1. The molecule has 0 amide bonds. The number of amidine groups is 1. The van der Waals surface area contributed by atoms with Crippen LogP contribution in [0.15, 0.2) is 4.99 Å². The summed E-state index contributed by atoms with van der Waals surface area (Å²) in [4.78, 5) is 6.64. The average Bonchev–Trinajstić information content (AvgIpc) is 2.21. The van der Waals surface area contributed by atoms with Gasteiger partial charge in [0, 0.05) is 17.8 Å². The Balaban J connectivity index is 2.12. The van der Waals surface area contributed by atoms with Gasteiger partial charge in [0.2, 0.25) is 0 Å². The molecule has 1 heterocycles. The van der Waals surface area contributed by atoms with Gasteiger partial charge in [-0.2, -0.15) is 0 Å². The summed E-state index contributed by atoms with van der Waals surface area (Å²) in [6.45, 7) is 7.64. The number of ether oxygens (including phenoxy) is 1. The molecule has 100 valence electrons. The Bertz CT molecular complexity index is 254. The third kappa shape index (κ3) is 6.91. The second-order valence-electron chi connectivity index (χ2n) is 5.21. The van der Waals surface area contributed by atoms with Crippen LogP contribution in [0.3, 0.4) is 0 Å². The third-order valence-electron chi connectivity index (χ3n) is 2.59. The lowest BCUT2D eigenvalue weighted by Gasteiger charge is -2.32. The van der Waals surface area contributed by atoms with Gasteiger partial charge in [0.25, 0.3) is 0 Å². The maximum absolute atomic E-state index is 5.50. The van der Waals surface area contributed by atoms with Gasteiger partial charge < -0.3 is 15.0 Å². The molecule has 1 aliphatic rings. The quantitative estimate of drug-likeness (QED) is 0.732. The SMILES string of the molecule is CN(C)CCOCCN=C1NC(C)(C)CCS1. The van der Waals surface area contributed by atoms with Crippen LogP contribution in [0.25, 0.3) is 0 Å². The maximum atomic E-state index is 5.50. The summed E-state index contributed by atoms with van der Waals surface area (Å²) in [6.07, 6.45) is 1.19. The van der Waals surface area contributed by atoms with Crippen LogP contribution in [0.5, 0.6) is 0 Å². The third-order valence-corrected chi connectivity index (χ3v) is 3.50. The molecule has 5 heteroatoms. The van der Waals surface area contributed by atoms with Crippen LogP contribution in [0.1, 0.15) is 20.3 Å². The average molecular weight is 259 g/mol. The van der Waals surface area contributed by atoms with Crippen LogP contribution in [0, 0.1) is 0 Å². The smallest absolute Gasteiger partial charge is 0.157 e. The Kier molecular flexibility index (Phi) is 6.30. The first kappa shape index (κ1) is 14.8. The molecule has 0 saturated carbocycles. The van der Waals surface area contributed by atoms with Gasteiger partial charge in [0.1, 0.15) is 0 Å². The lowest BCUT2D eigenvalue weighted by molar-refractivity contribution is 0.124. The van der Waals surface area contributed by atoms with Crippen molar-refractivity contribution in [1.82, 2.24) is 10.2 Å². The van der Waals surface area contributed by atoms with Gasteiger partial charge in [-0.05, 0) is 34.4 Å². The number of hydrogen-bond acceptors (Lipinski definition) is 4. The zero-order valence-electron chi connectivity index (χ0n) is 11.5. The van der Waals surface area contributed by atoms with Crippen LogP contribution in [0.4, 0.5) is 0 Å². The fourth-order valence-electron chi connectivity index (χ4n) is 1.44. The first-order chi connectivity index (χ1) is 7.99. The Morgan fingerprint density at radius 2 is 2.18 bits per heavy atom. The fourth-order valence-corrected chi connectivity index (χ4v) is 2.77. The summed E-state index contributed by atoms with van der Waals surface area (Å²) in [5.41, 5.74) is 0.190. The lowest BCUT2D eigenvalue weighted by Crippen LogP contribution is -2.46. The number of nitrogens with one attached hydrogen (secondary N) is 1. The van der Waals surface area contributed by atoms with E-state index in [1.54, 1.807) is 0 Å². The molecule has 0 aromatic rings. The van der Waals surface area contributed by atoms with Crippen LogP contribution < -0.4 is 5.32 Å². The minimum atomic E-state index is 0.190. The van der Waals surface area contributed by atoms with E-state index in [1.165, 1.54) is 6.42 Å². The molecule has 0 aliphatic carbocycles. The second kappa shape index (κ2) is 7.24. The van der Waals surface area contributed by atoms with E-state index < -0.39 is 0 Å². The molecule has 1 N–H and O–H groups in total. The van der Waals surface area contributed by atoms with Crippen molar-refractivity contribution in [3.05, 3.63) is 0 Å². The molecule has 0 radical (unpaired) electrons. The van der Waals surface area contributed by atoms with Crippen molar-refractivity contribution < 1.29 is 4.74 Å². The zero-order chi connectivity index (χ0) is 12.7. The summed E-state index contributed by atoms with van der Waals surface area (Å²) < 4.78 is 5.50. The minimum Gasteiger partial charge on any atom is -0.378 e. The van der Waals surface area contributed by atoms with Crippen molar-refractivity contribution in [2.45, 2.75) is 25.8 Å². The molecule has 0 atom stereocenters. The molecule has 4 nitrogen and oxygen atoms in total. The summed E-state index contributed by atoms with van der Waals surface area (Å²) in [6, 6.07) is 0. The highest BCUT2D eigenvalue weighted by atomic mass is 32.2. The first-order valence-electron chi connectivity index (χ1n) is 6.17. The van der Waals surface area contributed by atoms with Crippen LogP contribution in [-0.2, 0) is 4.74 Å². The van der Waals surface area contributed by atoms with Crippen LogP contribution >= 0.6 is 11.8 Å². The topological polar surface area (TPSA) is 36.9 Å². The largest absolute Gasteiger partial charge is 0.378 e. The van der Waals surface area contributed by atoms with Gasteiger partial charge in [0.05, 0.1) is 19.8 Å². The van der Waals surface area contributed by atoms with Crippen molar-refractivity contribution in [2.24, 2.45) is 4.99 Å². The monoisotopic (exact) mass is 259 g/mol. The highest BCUT2D eigenvalue weighted by Crippen LogP contribution is 2.21. The van der Waals surface area contributed by atoms with Crippen LogP contribution in [0.2, 0.25) is 0 Å². The molecule has 0 bridgehead atoms. The summed E-state index contributed by atoms with van der Waals surface area (Å²) in [7, 11) is 4.10. The number of aliphatic imine (C=N–C) groups is 1. The normalized spacial score (nSPS) is 21.8.